The molecule has 2 heterocycles. The van der Waals surface area contributed by atoms with E-state index in [1.54, 1.807) is 32.2 Å². The van der Waals surface area contributed by atoms with E-state index >= 15 is 0 Å². The number of nitrogens with zero attached hydrogens (tertiary/aromatic N) is 2. The molecule has 2 aromatic heterocycles. The van der Waals surface area contributed by atoms with Crippen LogP contribution in [0.25, 0.3) is 0 Å². The number of aromatic nitrogens is 2. The number of anilines is 2. The Bertz CT molecular complexity index is 729. The molecule has 0 radical (unpaired) electrons. The van der Waals surface area contributed by atoms with Gasteiger partial charge in [0.25, 0.3) is 10.0 Å². The molecule has 0 fully saturated rings. The first-order chi connectivity index (χ1) is 9.44. The SMILES string of the molecule is CNc1ncccc1S(=O)(=O)Nc1ccc(C)nc1C. The van der Waals surface area contributed by atoms with Gasteiger partial charge in [0.2, 0.25) is 0 Å². The molecule has 0 saturated heterocycles. The highest BCUT2D eigenvalue weighted by atomic mass is 32.2. The Labute approximate surface area is 118 Å². The summed E-state index contributed by atoms with van der Waals surface area (Å²) >= 11 is 0. The molecule has 0 aromatic carbocycles. The maximum atomic E-state index is 12.4. The maximum absolute atomic E-state index is 12.4. The van der Waals surface area contributed by atoms with Crippen LogP contribution in [0.3, 0.4) is 0 Å². The summed E-state index contributed by atoms with van der Waals surface area (Å²) in [5, 5.41) is 2.77. The van der Waals surface area contributed by atoms with Gasteiger partial charge in [-0.1, -0.05) is 0 Å². The molecule has 106 valence electrons. The predicted octanol–water partition coefficient (Wildman–Crippen LogP) is 1.94. The molecular weight excluding hydrogens is 276 g/mol. The van der Waals surface area contributed by atoms with Gasteiger partial charge in [0.1, 0.15) is 10.7 Å². The highest BCUT2D eigenvalue weighted by molar-refractivity contribution is 7.92. The van der Waals surface area contributed by atoms with Crippen molar-refractivity contribution in [2.24, 2.45) is 0 Å². The lowest BCUT2D eigenvalue weighted by Crippen LogP contribution is -2.16. The summed E-state index contributed by atoms with van der Waals surface area (Å²) in [7, 11) is -2.08. The van der Waals surface area contributed by atoms with E-state index in [0.717, 1.165) is 5.69 Å². The number of sulfonamides is 1. The molecule has 0 aliphatic rings. The average Bonchev–Trinajstić information content (AvgIpc) is 2.42. The van der Waals surface area contributed by atoms with Gasteiger partial charge in [0.15, 0.2) is 0 Å². The zero-order chi connectivity index (χ0) is 14.8. The summed E-state index contributed by atoms with van der Waals surface area (Å²) in [4.78, 5) is 8.33. The number of pyridine rings is 2. The van der Waals surface area contributed by atoms with E-state index in [4.69, 9.17) is 0 Å². The van der Waals surface area contributed by atoms with Gasteiger partial charge in [-0.2, -0.15) is 0 Å². The van der Waals surface area contributed by atoms with Crippen LogP contribution < -0.4 is 10.0 Å². The summed E-state index contributed by atoms with van der Waals surface area (Å²) < 4.78 is 27.3. The Balaban J connectivity index is 2.41. The standard InChI is InChI=1S/C13H16N4O2S/c1-9-6-7-11(10(2)16-9)17-20(18,19)12-5-4-8-15-13(12)14-3/h4-8,17H,1-3H3,(H,14,15). The minimum Gasteiger partial charge on any atom is -0.372 e. The van der Waals surface area contributed by atoms with E-state index in [1.165, 1.54) is 12.3 Å². The van der Waals surface area contributed by atoms with E-state index < -0.39 is 10.0 Å². The van der Waals surface area contributed by atoms with E-state index in [1.807, 2.05) is 6.92 Å². The molecule has 0 amide bonds. The molecule has 6 nitrogen and oxygen atoms in total. The molecular formula is C13H16N4O2S. The van der Waals surface area contributed by atoms with Gasteiger partial charge < -0.3 is 5.32 Å². The second-order valence-corrected chi connectivity index (χ2v) is 5.94. The van der Waals surface area contributed by atoms with Crippen LogP contribution in [0.4, 0.5) is 11.5 Å². The highest BCUT2D eigenvalue weighted by Crippen LogP contribution is 2.22. The van der Waals surface area contributed by atoms with Crippen LogP contribution in [0, 0.1) is 13.8 Å². The third-order valence-electron chi connectivity index (χ3n) is 2.77. The molecule has 0 spiro atoms. The fourth-order valence-electron chi connectivity index (χ4n) is 1.79. The first-order valence-corrected chi connectivity index (χ1v) is 7.52. The number of rotatable bonds is 4. The van der Waals surface area contributed by atoms with Crippen LogP contribution in [0.2, 0.25) is 0 Å². The third-order valence-corrected chi connectivity index (χ3v) is 4.16. The van der Waals surface area contributed by atoms with Crippen molar-refractivity contribution in [1.82, 2.24) is 9.97 Å². The molecule has 7 heteroatoms. The molecule has 0 saturated carbocycles. The molecule has 2 N–H and O–H groups in total. The van der Waals surface area contributed by atoms with Crippen molar-refractivity contribution in [3.8, 4) is 0 Å². The van der Waals surface area contributed by atoms with Crippen molar-refractivity contribution >= 4 is 21.5 Å². The molecule has 0 bridgehead atoms. The molecule has 0 atom stereocenters. The molecule has 2 rings (SSSR count). The predicted molar refractivity (Wildman–Crippen MR) is 78.3 cm³/mol. The highest BCUT2D eigenvalue weighted by Gasteiger charge is 2.19. The smallest absolute Gasteiger partial charge is 0.265 e. The van der Waals surface area contributed by atoms with Crippen LogP contribution in [0.5, 0.6) is 0 Å². The van der Waals surface area contributed by atoms with Crippen LogP contribution >= 0.6 is 0 Å². The molecule has 20 heavy (non-hydrogen) atoms. The van der Waals surface area contributed by atoms with Crippen molar-refractivity contribution in [2.45, 2.75) is 18.7 Å². The summed E-state index contributed by atoms with van der Waals surface area (Å²) in [5.74, 6) is 0.303. The number of aryl methyl sites for hydroxylation is 2. The normalized spacial score (nSPS) is 11.2. The van der Waals surface area contributed by atoms with Gasteiger partial charge in [-0.25, -0.2) is 13.4 Å². The fourth-order valence-corrected chi connectivity index (χ4v) is 3.07. The molecule has 0 unspecified atom stereocenters. The van der Waals surface area contributed by atoms with Crippen molar-refractivity contribution in [3.05, 3.63) is 41.9 Å². The Hall–Kier alpha value is -2.15. The fraction of sp³-hybridized carbons (Fsp3) is 0.231. The summed E-state index contributed by atoms with van der Waals surface area (Å²) in [6.07, 6.45) is 1.53. The number of hydrogen-bond donors (Lipinski definition) is 2. The number of hydrogen-bond acceptors (Lipinski definition) is 5. The minimum absolute atomic E-state index is 0.0995. The summed E-state index contributed by atoms with van der Waals surface area (Å²) in [6, 6.07) is 6.53. The quantitative estimate of drug-likeness (QED) is 0.899. The van der Waals surface area contributed by atoms with Crippen molar-refractivity contribution in [2.75, 3.05) is 17.1 Å². The Morgan fingerprint density at radius 2 is 1.90 bits per heavy atom. The topological polar surface area (TPSA) is 84.0 Å². The van der Waals surface area contributed by atoms with Gasteiger partial charge in [0, 0.05) is 18.9 Å². The summed E-state index contributed by atoms with van der Waals surface area (Å²) in [5.41, 5.74) is 1.92. The monoisotopic (exact) mass is 292 g/mol. The van der Waals surface area contributed by atoms with Gasteiger partial charge >= 0.3 is 0 Å². The van der Waals surface area contributed by atoms with Gasteiger partial charge in [0.05, 0.1) is 11.4 Å². The van der Waals surface area contributed by atoms with Crippen LogP contribution in [0.1, 0.15) is 11.4 Å². The lowest BCUT2D eigenvalue weighted by atomic mass is 10.3. The lowest BCUT2D eigenvalue weighted by molar-refractivity contribution is 0.601. The molecule has 0 aliphatic heterocycles. The van der Waals surface area contributed by atoms with Crippen molar-refractivity contribution in [3.63, 3.8) is 0 Å². The van der Waals surface area contributed by atoms with Gasteiger partial charge in [-0.15, -0.1) is 0 Å². The Kier molecular flexibility index (Phi) is 3.89. The van der Waals surface area contributed by atoms with Gasteiger partial charge in [-0.3, -0.25) is 9.71 Å². The van der Waals surface area contributed by atoms with Crippen LogP contribution in [0.15, 0.2) is 35.4 Å². The number of nitrogens with one attached hydrogen (secondary N) is 2. The molecule has 0 aliphatic carbocycles. The van der Waals surface area contributed by atoms with Crippen LogP contribution in [-0.2, 0) is 10.0 Å². The lowest BCUT2D eigenvalue weighted by Gasteiger charge is -2.12. The van der Waals surface area contributed by atoms with Crippen molar-refractivity contribution in [1.29, 1.82) is 0 Å². The van der Waals surface area contributed by atoms with Gasteiger partial charge in [-0.05, 0) is 38.1 Å². The van der Waals surface area contributed by atoms with E-state index in [2.05, 4.69) is 20.0 Å². The second-order valence-electron chi connectivity index (χ2n) is 4.29. The first-order valence-electron chi connectivity index (χ1n) is 6.04. The Morgan fingerprint density at radius 3 is 2.55 bits per heavy atom. The van der Waals surface area contributed by atoms with Crippen LogP contribution in [-0.4, -0.2) is 25.4 Å². The average molecular weight is 292 g/mol. The van der Waals surface area contributed by atoms with E-state index in [9.17, 15) is 8.42 Å². The second kappa shape index (κ2) is 5.46. The summed E-state index contributed by atoms with van der Waals surface area (Å²) in [6.45, 7) is 3.61. The zero-order valence-corrected chi connectivity index (χ0v) is 12.3. The third kappa shape index (κ3) is 2.88. The van der Waals surface area contributed by atoms with E-state index in [-0.39, 0.29) is 4.90 Å². The van der Waals surface area contributed by atoms with Crippen molar-refractivity contribution < 1.29 is 8.42 Å². The first kappa shape index (κ1) is 14.3. The maximum Gasteiger partial charge on any atom is 0.265 e. The molecule has 2 aromatic rings. The zero-order valence-electron chi connectivity index (χ0n) is 11.5. The Morgan fingerprint density at radius 1 is 1.15 bits per heavy atom. The minimum atomic E-state index is -3.71. The van der Waals surface area contributed by atoms with E-state index in [0.29, 0.717) is 17.2 Å². The largest absolute Gasteiger partial charge is 0.372 e.